The number of nitrogen functional groups attached to an aromatic ring is 1. The molecule has 0 aliphatic carbocycles. The molecule has 17 heavy (non-hydrogen) atoms. The highest BCUT2D eigenvalue weighted by molar-refractivity contribution is 5.92. The quantitative estimate of drug-likeness (QED) is 0.446. The minimum Gasteiger partial charge on any atom is -0.459 e. The molecule has 1 aliphatic rings. The Balaban J connectivity index is 1.82. The second-order valence-corrected chi connectivity index (χ2v) is 3.90. The van der Waals surface area contributed by atoms with E-state index >= 15 is 0 Å². The molecule has 1 saturated heterocycles. The molecule has 6 nitrogen and oxygen atoms in total. The van der Waals surface area contributed by atoms with Crippen LogP contribution in [0.25, 0.3) is 0 Å². The molecule has 2 heterocycles. The molecule has 1 fully saturated rings. The smallest absolute Gasteiger partial charge is 0.301 e. The molecule has 1 unspecified atom stereocenters. The van der Waals surface area contributed by atoms with Gasteiger partial charge < -0.3 is 13.9 Å². The van der Waals surface area contributed by atoms with Gasteiger partial charge in [0.25, 0.3) is 0 Å². The van der Waals surface area contributed by atoms with Gasteiger partial charge in [0, 0.05) is 12.2 Å². The average molecular weight is 240 g/mol. The Morgan fingerprint density at radius 1 is 1.65 bits per heavy atom. The van der Waals surface area contributed by atoms with Crippen LogP contribution in [-0.4, -0.2) is 25.2 Å². The second-order valence-electron chi connectivity index (χ2n) is 3.90. The van der Waals surface area contributed by atoms with Crippen molar-refractivity contribution in [2.45, 2.75) is 25.6 Å². The predicted molar refractivity (Wildman–Crippen MR) is 59.0 cm³/mol. The minimum absolute atomic E-state index is 0.175. The van der Waals surface area contributed by atoms with Gasteiger partial charge in [0.15, 0.2) is 5.76 Å². The van der Waals surface area contributed by atoms with Crippen LogP contribution in [0, 0.1) is 0 Å². The lowest BCUT2D eigenvalue weighted by atomic mass is 10.2. The number of amides is 1. The summed E-state index contributed by atoms with van der Waals surface area (Å²) in [6.45, 7) is 1.66. The third kappa shape index (κ3) is 3.06. The maximum absolute atomic E-state index is 11.3. The van der Waals surface area contributed by atoms with Crippen molar-refractivity contribution in [2.24, 2.45) is 5.84 Å². The van der Waals surface area contributed by atoms with E-state index in [0.717, 1.165) is 19.4 Å². The van der Waals surface area contributed by atoms with Crippen LogP contribution in [0.3, 0.4) is 0 Å². The number of ether oxygens (including phenoxy) is 2. The maximum atomic E-state index is 11.3. The zero-order chi connectivity index (χ0) is 12.1. The number of hydrazine groups is 1. The number of nitrogens with two attached hydrogens (primary N) is 1. The Kier molecular flexibility index (Phi) is 4.13. The molecule has 0 aromatic carbocycles. The summed E-state index contributed by atoms with van der Waals surface area (Å²) in [6.07, 6.45) is 3.73. The SMILES string of the molecule is NNC(=O)c1occc1COCC1CCCO1. The topological polar surface area (TPSA) is 86.7 Å². The van der Waals surface area contributed by atoms with Gasteiger partial charge in [-0.05, 0) is 18.9 Å². The highest BCUT2D eigenvalue weighted by Crippen LogP contribution is 2.15. The summed E-state index contributed by atoms with van der Waals surface area (Å²) in [6, 6.07) is 1.69. The summed E-state index contributed by atoms with van der Waals surface area (Å²) in [5, 5.41) is 0. The first-order valence-corrected chi connectivity index (χ1v) is 5.58. The van der Waals surface area contributed by atoms with Crippen LogP contribution in [0.5, 0.6) is 0 Å². The Hall–Kier alpha value is -1.37. The van der Waals surface area contributed by atoms with Crippen LogP contribution in [0.1, 0.15) is 29.0 Å². The van der Waals surface area contributed by atoms with Crippen molar-refractivity contribution in [1.29, 1.82) is 0 Å². The number of nitrogens with one attached hydrogen (secondary N) is 1. The molecule has 1 aromatic rings. The molecule has 1 aromatic heterocycles. The van der Waals surface area contributed by atoms with E-state index in [1.165, 1.54) is 6.26 Å². The van der Waals surface area contributed by atoms with E-state index in [1.54, 1.807) is 6.07 Å². The van der Waals surface area contributed by atoms with Gasteiger partial charge in [-0.1, -0.05) is 0 Å². The Morgan fingerprint density at radius 2 is 2.53 bits per heavy atom. The lowest BCUT2D eigenvalue weighted by Crippen LogP contribution is -2.30. The highest BCUT2D eigenvalue weighted by Gasteiger charge is 2.17. The molecule has 0 bridgehead atoms. The summed E-state index contributed by atoms with van der Waals surface area (Å²) in [4.78, 5) is 11.3. The van der Waals surface area contributed by atoms with Crippen LogP contribution in [-0.2, 0) is 16.1 Å². The van der Waals surface area contributed by atoms with Crippen molar-refractivity contribution in [2.75, 3.05) is 13.2 Å². The highest BCUT2D eigenvalue weighted by atomic mass is 16.5. The van der Waals surface area contributed by atoms with Gasteiger partial charge in [0.05, 0.1) is 25.6 Å². The Bertz CT molecular complexity index is 371. The van der Waals surface area contributed by atoms with Gasteiger partial charge in [-0.15, -0.1) is 0 Å². The van der Waals surface area contributed by atoms with E-state index in [4.69, 9.17) is 19.7 Å². The molecule has 2 rings (SSSR count). The zero-order valence-corrected chi connectivity index (χ0v) is 9.48. The van der Waals surface area contributed by atoms with Crippen LogP contribution >= 0.6 is 0 Å². The molecule has 1 atom stereocenters. The number of carbonyl (C=O) groups excluding carboxylic acids is 1. The van der Waals surface area contributed by atoms with Crippen molar-refractivity contribution in [1.82, 2.24) is 5.43 Å². The standard InChI is InChI=1S/C11H16N2O4/c12-13-11(14)10-8(3-5-17-10)6-15-7-9-2-1-4-16-9/h3,5,9H,1-2,4,6-7,12H2,(H,13,14). The molecular formula is C11H16N2O4. The average Bonchev–Trinajstić information content (AvgIpc) is 2.99. The minimum atomic E-state index is -0.453. The van der Waals surface area contributed by atoms with Crippen LogP contribution < -0.4 is 11.3 Å². The van der Waals surface area contributed by atoms with Gasteiger partial charge in [0.1, 0.15) is 0 Å². The number of hydrogen-bond acceptors (Lipinski definition) is 5. The van der Waals surface area contributed by atoms with Crippen molar-refractivity contribution < 1.29 is 18.7 Å². The normalized spacial score (nSPS) is 19.5. The first kappa shape index (κ1) is 12.1. The van der Waals surface area contributed by atoms with E-state index in [1.807, 2.05) is 5.43 Å². The molecule has 94 valence electrons. The molecule has 0 spiro atoms. The molecule has 0 saturated carbocycles. The second kappa shape index (κ2) is 5.81. The number of rotatable bonds is 5. The molecular weight excluding hydrogens is 224 g/mol. The van der Waals surface area contributed by atoms with E-state index in [0.29, 0.717) is 18.8 Å². The fourth-order valence-electron chi connectivity index (χ4n) is 1.79. The third-order valence-electron chi connectivity index (χ3n) is 2.67. The Morgan fingerprint density at radius 3 is 3.24 bits per heavy atom. The van der Waals surface area contributed by atoms with E-state index in [-0.39, 0.29) is 11.9 Å². The summed E-state index contributed by atoms with van der Waals surface area (Å²) < 4.78 is 16.0. The number of carbonyl (C=O) groups is 1. The van der Waals surface area contributed by atoms with Gasteiger partial charge in [-0.3, -0.25) is 10.2 Å². The van der Waals surface area contributed by atoms with Crippen molar-refractivity contribution >= 4 is 5.91 Å². The number of furan rings is 1. The number of hydrogen-bond donors (Lipinski definition) is 2. The van der Waals surface area contributed by atoms with E-state index in [9.17, 15) is 4.79 Å². The molecule has 1 aliphatic heterocycles. The van der Waals surface area contributed by atoms with Crippen molar-refractivity contribution in [3.05, 3.63) is 23.7 Å². The molecule has 0 radical (unpaired) electrons. The summed E-state index contributed by atoms with van der Waals surface area (Å²) >= 11 is 0. The fraction of sp³-hybridized carbons (Fsp3) is 0.545. The van der Waals surface area contributed by atoms with Gasteiger partial charge in [-0.25, -0.2) is 5.84 Å². The summed E-state index contributed by atoms with van der Waals surface area (Å²) in [7, 11) is 0. The largest absolute Gasteiger partial charge is 0.459 e. The molecule has 6 heteroatoms. The lowest BCUT2D eigenvalue weighted by Gasteiger charge is -2.09. The van der Waals surface area contributed by atoms with Gasteiger partial charge in [-0.2, -0.15) is 0 Å². The summed E-state index contributed by atoms with van der Waals surface area (Å²) in [5.41, 5.74) is 2.71. The Labute approximate surface area is 99.0 Å². The van der Waals surface area contributed by atoms with Crippen molar-refractivity contribution in [3.8, 4) is 0 Å². The third-order valence-corrected chi connectivity index (χ3v) is 2.67. The van der Waals surface area contributed by atoms with E-state index in [2.05, 4.69) is 0 Å². The monoisotopic (exact) mass is 240 g/mol. The predicted octanol–water partition coefficient (Wildman–Crippen LogP) is 0.579. The fourth-order valence-corrected chi connectivity index (χ4v) is 1.79. The van der Waals surface area contributed by atoms with Crippen molar-refractivity contribution in [3.63, 3.8) is 0 Å². The first-order chi connectivity index (χ1) is 8.31. The van der Waals surface area contributed by atoms with Gasteiger partial charge >= 0.3 is 5.91 Å². The van der Waals surface area contributed by atoms with Crippen LogP contribution in [0.2, 0.25) is 0 Å². The van der Waals surface area contributed by atoms with Crippen LogP contribution in [0.4, 0.5) is 0 Å². The van der Waals surface area contributed by atoms with Gasteiger partial charge in [0.2, 0.25) is 0 Å². The summed E-state index contributed by atoms with van der Waals surface area (Å²) in [5.74, 6) is 4.78. The van der Waals surface area contributed by atoms with E-state index < -0.39 is 5.91 Å². The molecule has 3 N–H and O–H groups in total. The molecule has 1 amide bonds. The zero-order valence-electron chi connectivity index (χ0n) is 9.48. The lowest BCUT2D eigenvalue weighted by molar-refractivity contribution is 0.0102. The maximum Gasteiger partial charge on any atom is 0.301 e. The van der Waals surface area contributed by atoms with Crippen LogP contribution in [0.15, 0.2) is 16.7 Å². The first-order valence-electron chi connectivity index (χ1n) is 5.58.